The maximum atomic E-state index is 12.5. The number of hydrogen-bond acceptors (Lipinski definition) is 3. The van der Waals surface area contributed by atoms with Crippen molar-refractivity contribution in [2.45, 2.75) is 12.8 Å². The van der Waals surface area contributed by atoms with Crippen LogP contribution in [0.15, 0.2) is 36.4 Å². The summed E-state index contributed by atoms with van der Waals surface area (Å²) < 4.78 is 0. The zero-order valence-corrected chi connectivity index (χ0v) is 13.7. The third-order valence-electron chi connectivity index (χ3n) is 5.25. The van der Waals surface area contributed by atoms with Crippen molar-refractivity contribution in [2.24, 2.45) is 23.7 Å². The number of benzene rings is 1. The second-order valence-electron chi connectivity index (χ2n) is 6.63. The van der Waals surface area contributed by atoms with Gasteiger partial charge in [0.15, 0.2) is 0 Å². The molecular formula is C18H17ClN2O3. The molecule has 0 spiro atoms. The van der Waals surface area contributed by atoms with Crippen LogP contribution in [0.4, 0.5) is 5.69 Å². The highest BCUT2D eigenvalue weighted by Crippen LogP contribution is 2.52. The average Bonchev–Trinajstić information content (AvgIpc) is 3.23. The normalized spacial score (nSPS) is 30.1. The van der Waals surface area contributed by atoms with Crippen molar-refractivity contribution in [1.82, 2.24) is 4.90 Å². The highest BCUT2D eigenvalue weighted by atomic mass is 35.5. The lowest BCUT2D eigenvalue weighted by Crippen LogP contribution is -2.35. The molecule has 1 N–H and O–H groups in total. The fourth-order valence-electron chi connectivity index (χ4n) is 4.15. The van der Waals surface area contributed by atoms with E-state index in [1.54, 1.807) is 24.3 Å². The summed E-state index contributed by atoms with van der Waals surface area (Å²) >= 11 is 5.80. The van der Waals surface area contributed by atoms with Crippen LogP contribution >= 0.6 is 11.6 Å². The largest absolute Gasteiger partial charge is 0.326 e. The first kappa shape index (κ1) is 15.4. The van der Waals surface area contributed by atoms with E-state index in [9.17, 15) is 14.4 Å². The Labute approximate surface area is 144 Å². The van der Waals surface area contributed by atoms with Gasteiger partial charge in [0.25, 0.3) is 0 Å². The van der Waals surface area contributed by atoms with Gasteiger partial charge in [-0.05, 0) is 42.5 Å². The second kappa shape index (κ2) is 5.74. The molecule has 4 rings (SSSR count). The number of carbonyl (C=O) groups excluding carboxylic acids is 3. The van der Waals surface area contributed by atoms with Crippen LogP contribution in [-0.2, 0) is 14.4 Å². The molecule has 6 heteroatoms. The average molecular weight is 345 g/mol. The minimum Gasteiger partial charge on any atom is -0.326 e. The van der Waals surface area contributed by atoms with Crippen LogP contribution in [-0.4, -0.2) is 29.2 Å². The van der Waals surface area contributed by atoms with Crippen molar-refractivity contribution in [1.29, 1.82) is 0 Å². The lowest BCUT2D eigenvalue weighted by Gasteiger charge is -2.16. The van der Waals surface area contributed by atoms with E-state index in [1.807, 2.05) is 0 Å². The summed E-state index contributed by atoms with van der Waals surface area (Å²) in [6.07, 6.45) is 5.14. The molecule has 1 saturated heterocycles. The standard InChI is InChI=1S/C18H17ClN2O3/c19-12-3-5-13(6-4-12)20-14(22)7-8-21-17(23)15-10-1-2-11(9-10)16(15)18(21)24/h1-6,10-11,15-16H,7-9H2,(H,20,22)/t10-,11+,15-,16-/m0/s1. The smallest absolute Gasteiger partial charge is 0.233 e. The van der Waals surface area contributed by atoms with Gasteiger partial charge in [-0.25, -0.2) is 0 Å². The Morgan fingerprint density at radius 2 is 1.67 bits per heavy atom. The van der Waals surface area contributed by atoms with Crippen molar-refractivity contribution in [3.8, 4) is 0 Å². The summed E-state index contributed by atoms with van der Waals surface area (Å²) in [5.41, 5.74) is 0.641. The van der Waals surface area contributed by atoms with Crippen LogP contribution in [0.2, 0.25) is 5.02 Å². The Hall–Kier alpha value is -2.14. The third kappa shape index (κ3) is 2.44. The molecule has 1 heterocycles. The Balaban J connectivity index is 1.36. The topological polar surface area (TPSA) is 66.5 Å². The molecule has 0 unspecified atom stereocenters. The van der Waals surface area contributed by atoms with E-state index in [2.05, 4.69) is 17.5 Å². The number of nitrogens with one attached hydrogen (secondary N) is 1. The van der Waals surface area contributed by atoms with E-state index >= 15 is 0 Å². The number of fused-ring (bicyclic) bond motifs is 5. The van der Waals surface area contributed by atoms with E-state index < -0.39 is 0 Å². The summed E-state index contributed by atoms with van der Waals surface area (Å²) in [5.74, 6) is -0.453. The van der Waals surface area contributed by atoms with Gasteiger partial charge in [-0.15, -0.1) is 0 Å². The second-order valence-corrected chi connectivity index (χ2v) is 7.07. The van der Waals surface area contributed by atoms with Gasteiger partial charge in [-0.2, -0.15) is 0 Å². The Morgan fingerprint density at radius 1 is 1.08 bits per heavy atom. The van der Waals surface area contributed by atoms with Crippen LogP contribution in [0, 0.1) is 23.7 Å². The molecule has 4 atom stereocenters. The number of amides is 3. The van der Waals surface area contributed by atoms with E-state index in [4.69, 9.17) is 11.6 Å². The minimum atomic E-state index is -0.226. The van der Waals surface area contributed by atoms with Crippen molar-refractivity contribution in [2.75, 3.05) is 11.9 Å². The number of nitrogens with zero attached hydrogens (tertiary/aromatic N) is 1. The number of rotatable bonds is 4. The molecule has 1 aromatic rings. The number of anilines is 1. The van der Waals surface area contributed by atoms with Crippen molar-refractivity contribution < 1.29 is 14.4 Å². The molecule has 0 aromatic heterocycles. The quantitative estimate of drug-likeness (QED) is 0.674. The predicted octanol–water partition coefficient (Wildman–Crippen LogP) is 2.48. The SMILES string of the molecule is O=C(CCN1C(=O)[C@@H]2[C@@H](C1=O)[C@H]1C=C[C@@H]2C1)Nc1ccc(Cl)cc1. The number of hydrogen-bond donors (Lipinski definition) is 1. The first-order valence-electron chi connectivity index (χ1n) is 8.13. The van der Waals surface area contributed by atoms with Gasteiger partial charge >= 0.3 is 0 Å². The number of likely N-dealkylation sites (tertiary alicyclic amines) is 1. The van der Waals surface area contributed by atoms with Crippen LogP contribution < -0.4 is 5.32 Å². The van der Waals surface area contributed by atoms with Gasteiger partial charge in [-0.3, -0.25) is 19.3 Å². The first-order valence-corrected chi connectivity index (χ1v) is 8.51. The van der Waals surface area contributed by atoms with Crippen molar-refractivity contribution >= 4 is 35.0 Å². The number of carbonyl (C=O) groups is 3. The molecule has 1 aliphatic heterocycles. The molecule has 3 amide bonds. The first-order chi connectivity index (χ1) is 11.5. The van der Waals surface area contributed by atoms with Crippen LogP contribution in [0.25, 0.3) is 0 Å². The maximum Gasteiger partial charge on any atom is 0.233 e. The van der Waals surface area contributed by atoms with Gasteiger partial charge < -0.3 is 5.32 Å². The van der Waals surface area contributed by atoms with Crippen molar-refractivity contribution in [3.63, 3.8) is 0 Å². The van der Waals surface area contributed by atoms with E-state index in [0.29, 0.717) is 10.7 Å². The van der Waals surface area contributed by atoms with E-state index in [0.717, 1.165) is 6.42 Å². The van der Waals surface area contributed by atoms with E-state index in [1.165, 1.54) is 4.90 Å². The molecular weight excluding hydrogens is 328 g/mol. The van der Waals surface area contributed by atoms with Gasteiger partial charge in [0.2, 0.25) is 17.7 Å². The highest BCUT2D eigenvalue weighted by Gasteiger charge is 2.58. The molecule has 2 aliphatic carbocycles. The van der Waals surface area contributed by atoms with Gasteiger partial charge in [-0.1, -0.05) is 23.8 Å². The van der Waals surface area contributed by atoms with Crippen molar-refractivity contribution in [3.05, 3.63) is 41.4 Å². The minimum absolute atomic E-state index is 0.0995. The number of allylic oxidation sites excluding steroid dienone is 2. The fourth-order valence-corrected chi connectivity index (χ4v) is 4.28. The van der Waals surface area contributed by atoms with Gasteiger partial charge in [0.05, 0.1) is 11.8 Å². The Morgan fingerprint density at radius 3 is 2.25 bits per heavy atom. The summed E-state index contributed by atoms with van der Waals surface area (Å²) in [4.78, 5) is 38.4. The highest BCUT2D eigenvalue weighted by molar-refractivity contribution is 6.30. The lowest BCUT2D eigenvalue weighted by molar-refractivity contribution is -0.140. The molecule has 1 aromatic carbocycles. The molecule has 2 bridgehead atoms. The third-order valence-corrected chi connectivity index (χ3v) is 5.50. The Bertz CT molecular complexity index is 713. The number of imide groups is 1. The summed E-state index contributed by atoms with van der Waals surface area (Å²) in [7, 11) is 0. The molecule has 24 heavy (non-hydrogen) atoms. The number of halogens is 1. The summed E-state index contributed by atoms with van der Waals surface area (Å²) in [6, 6.07) is 6.80. The van der Waals surface area contributed by atoms with Crippen LogP contribution in [0.3, 0.4) is 0 Å². The monoisotopic (exact) mass is 344 g/mol. The molecule has 124 valence electrons. The fraction of sp³-hybridized carbons (Fsp3) is 0.389. The zero-order chi connectivity index (χ0) is 16.8. The summed E-state index contributed by atoms with van der Waals surface area (Å²) in [5, 5.41) is 3.34. The van der Waals surface area contributed by atoms with Gasteiger partial charge in [0, 0.05) is 23.7 Å². The molecule has 3 aliphatic rings. The summed E-state index contributed by atoms with van der Waals surface area (Å²) in [6.45, 7) is 0.142. The molecule has 2 fully saturated rings. The maximum absolute atomic E-state index is 12.5. The zero-order valence-electron chi connectivity index (χ0n) is 12.9. The molecule has 5 nitrogen and oxygen atoms in total. The predicted molar refractivity (Wildman–Crippen MR) is 89.1 cm³/mol. The molecule has 0 radical (unpaired) electrons. The molecule has 1 saturated carbocycles. The van der Waals surface area contributed by atoms with Crippen LogP contribution in [0.5, 0.6) is 0 Å². The van der Waals surface area contributed by atoms with Crippen LogP contribution in [0.1, 0.15) is 12.8 Å². The van der Waals surface area contributed by atoms with Gasteiger partial charge in [0.1, 0.15) is 0 Å². The van der Waals surface area contributed by atoms with E-state index in [-0.39, 0.29) is 54.4 Å². The lowest BCUT2D eigenvalue weighted by atomic mass is 9.85. The Kier molecular flexibility index (Phi) is 3.68.